The summed E-state index contributed by atoms with van der Waals surface area (Å²) in [6.45, 7) is 0.247. The number of nitrogens with zero attached hydrogens (tertiary/aromatic N) is 4. The number of amides is 2. The molecule has 1 aromatic heterocycles. The zero-order valence-electron chi connectivity index (χ0n) is 14.4. The first-order chi connectivity index (χ1) is 13.2. The lowest BCUT2D eigenvalue weighted by atomic mass is 10.2. The maximum absolute atomic E-state index is 12.0. The Bertz CT molecular complexity index is 922. The van der Waals surface area contributed by atoms with E-state index in [-0.39, 0.29) is 24.8 Å². The molecule has 3 aromatic rings. The van der Waals surface area contributed by atoms with Crippen molar-refractivity contribution in [3.05, 3.63) is 72.6 Å². The van der Waals surface area contributed by atoms with Gasteiger partial charge in [-0.3, -0.25) is 9.59 Å². The zero-order chi connectivity index (χ0) is 18.9. The van der Waals surface area contributed by atoms with Crippen LogP contribution in [0.2, 0.25) is 0 Å². The number of nitrogens with one attached hydrogen (secondary N) is 2. The Morgan fingerprint density at radius 2 is 1.93 bits per heavy atom. The fourth-order valence-electron chi connectivity index (χ4n) is 2.32. The smallest absolute Gasteiger partial charge is 0.244 e. The number of carbonyl (C=O) groups excluding carboxylic acids is 2. The number of carbonyl (C=O) groups is 2. The molecule has 0 atom stereocenters. The monoisotopic (exact) mass is 362 g/mol. The minimum atomic E-state index is -0.243. The molecule has 0 unspecified atom stereocenters. The van der Waals surface area contributed by atoms with Crippen molar-refractivity contribution in [1.29, 1.82) is 0 Å². The summed E-state index contributed by atoms with van der Waals surface area (Å²) < 4.78 is 1.49. The van der Waals surface area contributed by atoms with Crippen LogP contribution in [0, 0.1) is 0 Å². The van der Waals surface area contributed by atoms with E-state index in [0.717, 1.165) is 11.3 Å². The van der Waals surface area contributed by atoms with Gasteiger partial charge in [-0.15, -0.1) is 5.10 Å². The maximum Gasteiger partial charge on any atom is 0.244 e. The summed E-state index contributed by atoms with van der Waals surface area (Å²) in [7, 11) is 0. The third-order valence-corrected chi connectivity index (χ3v) is 3.62. The third-order valence-electron chi connectivity index (χ3n) is 3.62. The molecular weight excluding hydrogens is 344 g/mol. The van der Waals surface area contributed by atoms with Gasteiger partial charge in [0.05, 0.1) is 5.69 Å². The summed E-state index contributed by atoms with van der Waals surface area (Å²) in [5.74, 6) is -0.441. The summed E-state index contributed by atoms with van der Waals surface area (Å²) in [5, 5.41) is 16.4. The highest BCUT2D eigenvalue weighted by atomic mass is 16.2. The van der Waals surface area contributed by atoms with Crippen molar-refractivity contribution in [2.45, 2.75) is 6.42 Å². The van der Waals surface area contributed by atoms with E-state index in [2.05, 4.69) is 26.2 Å². The molecule has 8 heteroatoms. The summed E-state index contributed by atoms with van der Waals surface area (Å²) in [5.41, 5.74) is 2.30. The summed E-state index contributed by atoms with van der Waals surface area (Å²) in [4.78, 5) is 23.8. The summed E-state index contributed by atoms with van der Waals surface area (Å²) in [6.07, 6.45) is 4.81. The van der Waals surface area contributed by atoms with E-state index >= 15 is 0 Å². The van der Waals surface area contributed by atoms with Gasteiger partial charge in [0.1, 0.15) is 6.33 Å². The van der Waals surface area contributed by atoms with Gasteiger partial charge in [-0.05, 0) is 40.3 Å². The van der Waals surface area contributed by atoms with Crippen molar-refractivity contribution in [2.24, 2.45) is 0 Å². The highest BCUT2D eigenvalue weighted by Crippen LogP contribution is 2.13. The number of hydrogen-bond donors (Lipinski definition) is 2. The molecule has 0 bridgehead atoms. The Balaban J connectivity index is 1.44. The molecule has 0 spiro atoms. The second kappa shape index (κ2) is 9.04. The Hall–Kier alpha value is -3.81. The molecule has 0 radical (unpaired) electrons. The van der Waals surface area contributed by atoms with Gasteiger partial charge in [0.15, 0.2) is 0 Å². The zero-order valence-corrected chi connectivity index (χ0v) is 14.4. The van der Waals surface area contributed by atoms with Gasteiger partial charge in [-0.25, -0.2) is 4.68 Å². The van der Waals surface area contributed by atoms with E-state index in [0.29, 0.717) is 5.69 Å². The first-order valence-electron chi connectivity index (χ1n) is 8.35. The second-order valence-electron chi connectivity index (χ2n) is 5.64. The highest BCUT2D eigenvalue weighted by molar-refractivity contribution is 5.93. The molecule has 1 heterocycles. The Labute approximate surface area is 155 Å². The standard InChI is InChI=1S/C19H18N6O2/c26-18(10-9-15-5-2-1-3-6-15)20-12-11-19(27)22-16-7-4-8-17(13-16)25-14-21-23-24-25/h1-10,13-14H,11-12H2,(H,20,26)(H,22,27). The van der Waals surface area contributed by atoms with Crippen molar-refractivity contribution in [2.75, 3.05) is 11.9 Å². The third kappa shape index (κ3) is 5.60. The van der Waals surface area contributed by atoms with Crippen LogP contribution in [0.1, 0.15) is 12.0 Å². The Morgan fingerprint density at radius 1 is 1.07 bits per heavy atom. The molecule has 2 amide bonds. The largest absolute Gasteiger partial charge is 0.352 e. The fourth-order valence-corrected chi connectivity index (χ4v) is 2.32. The average Bonchev–Trinajstić information content (AvgIpc) is 3.22. The van der Waals surface area contributed by atoms with Gasteiger partial charge in [0.2, 0.25) is 11.8 Å². The van der Waals surface area contributed by atoms with Gasteiger partial charge >= 0.3 is 0 Å². The molecule has 8 nitrogen and oxygen atoms in total. The summed E-state index contributed by atoms with van der Waals surface area (Å²) in [6, 6.07) is 16.7. The molecule has 0 aliphatic carbocycles. The van der Waals surface area contributed by atoms with Crippen LogP contribution < -0.4 is 10.6 Å². The molecule has 0 aliphatic rings. The molecule has 0 saturated carbocycles. The van der Waals surface area contributed by atoms with E-state index in [1.165, 1.54) is 17.1 Å². The van der Waals surface area contributed by atoms with Crippen molar-refractivity contribution >= 4 is 23.6 Å². The highest BCUT2D eigenvalue weighted by Gasteiger charge is 2.05. The number of tetrazole rings is 1. The first kappa shape index (κ1) is 18.0. The van der Waals surface area contributed by atoms with Crippen LogP contribution in [0.5, 0.6) is 0 Å². The van der Waals surface area contributed by atoms with Crippen LogP contribution in [0.25, 0.3) is 11.8 Å². The van der Waals surface area contributed by atoms with Crippen molar-refractivity contribution in [1.82, 2.24) is 25.5 Å². The van der Waals surface area contributed by atoms with Crippen molar-refractivity contribution in [3.8, 4) is 5.69 Å². The van der Waals surface area contributed by atoms with E-state index in [1.807, 2.05) is 36.4 Å². The quantitative estimate of drug-likeness (QED) is 0.624. The number of rotatable bonds is 7. The number of anilines is 1. The minimum Gasteiger partial charge on any atom is -0.352 e. The van der Waals surface area contributed by atoms with Crippen LogP contribution in [-0.4, -0.2) is 38.6 Å². The molecule has 0 saturated heterocycles. The molecule has 2 N–H and O–H groups in total. The van der Waals surface area contributed by atoms with Gasteiger partial charge in [0, 0.05) is 24.7 Å². The van der Waals surface area contributed by atoms with Gasteiger partial charge in [0.25, 0.3) is 0 Å². The van der Waals surface area contributed by atoms with Crippen LogP contribution in [-0.2, 0) is 9.59 Å². The number of hydrogen-bond acceptors (Lipinski definition) is 5. The van der Waals surface area contributed by atoms with E-state index in [4.69, 9.17) is 0 Å². The van der Waals surface area contributed by atoms with Crippen LogP contribution in [0.15, 0.2) is 67.0 Å². The lowest BCUT2D eigenvalue weighted by Crippen LogP contribution is -2.26. The Morgan fingerprint density at radius 3 is 2.70 bits per heavy atom. The molecule has 136 valence electrons. The van der Waals surface area contributed by atoms with Crippen LogP contribution in [0.4, 0.5) is 5.69 Å². The molecule has 27 heavy (non-hydrogen) atoms. The second-order valence-corrected chi connectivity index (χ2v) is 5.64. The van der Waals surface area contributed by atoms with Crippen molar-refractivity contribution < 1.29 is 9.59 Å². The molecule has 0 fully saturated rings. The van der Waals surface area contributed by atoms with Crippen LogP contribution in [0.3, 0.4) is 0 Å². The topological polar surface area (TPSA) is 102 Å². The average molecular weight is 362 g/mol. The lowest BCUT2D eigenvalue weighted by molar-refractivity contribution is -0.117. The Kier molecular flexibility index (Phi) is 6.03. The predicted octanol–water partition coefficient (Wildman–Crippen LogP) is 1.82. The predicted molar refractivity (Wildman–Crippen MR) is 101 cm³/mol. The lowest BCUT2D eigenvalue weighted by Gasteiger charge is -2.07. The van der Waals surface area contributed by atoms with E-state index in [9.17, 15) is 9.59 Å². The van der Waals surface area contributed by atoms with E-state index in [1.54, 1.807) is 24.3 Å². The SMILES string of the molecule is O=C(C=Cc1ccccc1)NCCC(=O)Nc1cccc(-n2cnnn2)c1. The number of aromatic nitrogens is 4. The van der Waals surface area contributed by atoms with Crippen molar-refractivity contribution in [3.63, 3.8) is 0 Å². The summed E-state index contributed by atoms with van der Waals surface area (Å²) >= 11 is 0. The minimum absolute atomic E-state index is 0.167. The fraction of sp³-hybridized carbons (Fsp3) is 0.105. The molecule has 0 aliphatic heterocycles. The van der Waals surface area contributed by atoms with Gasteiger partial charge < -0.3 is 10.6 Å². The van der Waals surface area contributed by atoms with E-state index < -0.39 is 0 Å². The molecular formula is C19H18N6O2. The van der Waals surface area contributed by atoms with Gasteiger partial charge in [-0.1, -0.05) is 36.4 Å². The van der Waals surface area contributed by atoms with Crippen LogP contribution >= 0.6 is 0 Å². The normalized spacial score (nSPS) is 10.7. The number of benzene rings is 2. The van der Waals surface area contributed by atoms with Gasteiger partial charge in [-0.2, -0.15) is 0 Å². The maximum atomic E-state index is 12.0. The molecule has 2 aromatic carbocycles. The first-order valence-corrected chi connectivity index (χ1v) is 8.35. The molecule has 3 rings (SSSR count).